The molecule has 1 unspecified atom stereocenters. The molecule has 0 spiro atoms. The van der Waals surface area contributed by atoms with Crippen molar-refractivity contribution in [1.82, 2.24) is 0 Å². The molecule has 0 aromatic rings. The van der Waals surface area contributed by atoms with E-state index in [9.17, 15) is 4.79 Å². The number of rotatable bonds is 4. The third-order valence-electron chi connectivity index (χ3n) is 3.91. The lowest BCUT2D eigenvalue weighted by Crippen LogP contribution is -2.35. The van der Waals surface area contributed by atoms with Crippen LogP contribution < -0.4 is 0 Å². The van der Waals surface area contributed by atoms with Crippen molar-refractivity contribution in [3.8, 4) is 0 Å². The maximum Gasteiger partial charge on any atom is 0.162 e. The molecule has 3 saturated carbocycles. The summed E-state index contributed by atoms with van der Waals surface area (Å²) in [6.07, 6.45) is 9.56. The Labute approximate surface area is 91.7 Å². The van der Waals surface area contributed by atoms with Crippen LogP contribution in [-0.4, -0.2) is 12.4 Å². The Morgan fingerprint density at radius 2 is 2.07 bits per heavy atom. The first-order valence-corrected chi connectivity index (χ1v) is 6.13. The van der Waals surface area contributed by atoms with Crippen molar-refractivity contribution < 1.29 is 9.53 Å². The molecule has 0 N–H and O–H groups in total. The maximum atomic E-state index is 11.9. The van der Waals surface area contributed by atoms with Crippen LogP contribution in [0.5, 0.6) is 0 Å². The van der Waals surface area contributed by atoms with Crippen LogP contribution in [0.3, 0.4) is 0 Å². The second-order valence-electron chi connectivity index (χ2n) is 4.78. The summed E-state index contributed by atoms with van der Waals surface area (Å²) in [5.41, 5.74) is 0. The zero-order chi connectivity index (χ0) is 10.7. The quantitative estimate of drug-likeness (QED) is 0.524. The van der Waals surface area contributed by atoms with Crippen molar-refractivity contribution in [3.63, 3.8) is 0 Å². The van der Waals surface area contributed by atoms with Gasteiger partial charge in [0.25, 0.3) is 0 Å². The minimum absolute atomic E-state index is 0.290. The molecule has 3 aliphatic carbocycles. The molecule has 0 aromatic carbocycles. The average Bonchev–Trinajstić information content (AvgIpc) is 2.30. The number of carbonyl (C=O) groups excluding carboxylic acids is 1. The fourth-order valence-corrected chi connectivity index (χ4v) is 3.06. The molecule has 84 valence electrons. The van der Waals surface area contributed by atoms with Crippen molar-refractivity contribution >= 4 is 5.78 Å². The molecule has 3 aliphatic rings. The molecule has 1 atom stereocenters. The smallest absolute Gasteiger partial charge is 0.162 e. The summed E-state index contributed by atoms with van der Waals surface area (Å²) >= 11 is 0. The number of fused-ring (bicyclic) bond motifs is 3. The second-order valence-corrected chi connectivity index (χ2v) is 4.78. The van der Waals surface area contributed by atoms with Crippen molar-refractivity contribution in [2.75, 3.05) is 6.61 Å². The Hall–Kier alpha value is -0.790. The normalized spacial score (nSPS) is 34.6. The summed E-state index contributed by atoms with van der Waals surface area (Å²) in [7, 11) is 0. The van der Waals surface area contributed by atoms with Gasteiger partial charge in [-0.25, -0.2) is 0 Å². The van der Waals surface area contributed by atoms with Gasteiger partial charge in [0.15, 0.2) is 5.78 Å². The SMILES string of the molecule is CCO/C=C/C(=O)C1CC2CCC1CC2. The van der Waals surface area contributed by atoms with Gasteiger partial charge in [0.1, 0.15) is 0 Å². The molecule has 2 nitrogen and oxygen atoms in total. The van der Waals surface area contributed by atoms with Gasteiger partial charge in [-0.3, -0.25) is 4.79 Å². The summed E-state index contributed by atoms with van der Waals surface area (Å²) in [4.78, 5) is 11.9. The fraction of sp³-hybridized carbons (Fsp3) is 0.769. The lowest BCUT2D eigenvalue weighted by atomic mass is 9.63. The summed E-state index contributed by atoms with van der Waals surface area (Å²) < 4.78 is 5.07. The van der Waals surface area contributed by atoms with E-state index in [1.165, 1.54) is 25.7 Å². The van der Waals surface area contributed by atoms with Gasteiger partial charge >= 0.3 is 0 Å². The van der Waals surface area contributed by atoms with Gasteiger partial charge in [-0.15, -0.1) is 0 Å². The fourth-order valence-electron chi connectivity index (χ4n) is 3.06. The first kappa shape index (κ1) is 10.7. The van der Waals surface area contributed by atoms with Crippen LogP contribution in [0.25, 0.3) is 0 Å². The van der Waals surface area contributed by atoms with Crippen LogP contribution >= 0.6 is 0 Å². The standard InChI is InChI=1S/C13H20O2/c1-2-15-8-7-13(14)12-9-10-3-5-11(12)6-4-10/h7-8,10-12H,2-6,9H2,1H3/b8-7+. The number of carbonyl (C=O) groups is 1. The van der Waals surface area contributed by atoms with E-state index in [4.69, 9.17) is 4.74 Å². The van der Waals surface area contributed by atoms with Crippen molar-refractivity contribution in [2.24, 2.45) is 17.8 Å². The molecular formula is C13H20O2. The number of allylic oxidation sites excluding steroid dienone is 1. The molecule has 3 rings (SSSR count). The minimum Gasteiger partial charge on any atom is -0.501 e. The second kappa shape index (κ2) is 4.82. The van der Waals surface area contributed by atoms with Crippen LogP contribution in [0.1, 0.15) is 39.0 Å². The highest BCUT2D eigenvalue weighted by Crippen LogP contribution is 2.45. The van der Waals surface area contributed by atoms with Gasteiger partial charge in [-0.1, -0.05) is 12.8 Å². The first-order chi connectivity index (χ1) is 7.31. The number of ketones is 1. The number of hydrogen-bond acceptors (Lipinski definition) is 2. The van der Waals surface area contributed by atoms with Crippen LogP contribution in [0.4, 0.5) is 0 Å². The minimum atomic E-state index is 0.290. The highest BCUT2D eigenvalue weighted by atomic mass is 16.5. The van der Waals surface area contributed by atoms with Gasteiger partial charge in [0, 0.05) is 12.0 Å². The molecule has 0 amide bonds. The Morgan fingerprint density at radius 1 is 1.33 bits per heavy atom. The van der Waals surface area contributed by atoms with E-state index < -0.39 is 0 Å². The van der Waals surface area contributed by atoms with E-state index in [0.717, 1.165) is 12.3 Å². The number of ether oxygens (including phenoxy) is 1. The zero-order valence-corrected chi connectivity index (χ0v) is 9.45. The topological polar surface area (TPSA) is 26.3 Å². The molecule has 2 heteroatoms. The predicted molar refractivity (Wildman–Crippen MR) is 59.3 cm³/mol. The third-order valence-corrected chi connectivity index (χ3v) is 3.91. The molecule has 0 aliphatic heterocycles. The largest absolute Gasteiger partial charge is 0.501 e. The van der Waals surface area contributed by atoms with E-state index in [1.54, 1.807) is 12.3 Å². The summed E-state index contributed by atoms with van der Waals surface area (Å²) in [5.74, 6) is 2.07. The molecular weight excluding hydrogens is 188 g/mol. The van der Waals surface area contributed by atoms with Crippen molar-refractivity contribution in [1.29, 1.82) is 0 Å². The Kier molecular flexibility index (Phi) is 3.45. The average molecular weight is 208 g/mol. The first-order valence-electron chi connectivity index (χ1n) is 6.13. The third kappa shape index (κ3) is 2.42. The lowest BCUT2D eigenvalue weighted by Gasteiger charge is -2.41. The van der Waals surface area contributed by atoms with E-state index >= 15 is 0 Å². The molecule has 15 heavy (non-hydrogen) atoms. The van der Waals surface area contributed by atoms with Crippen LogP contribution in [-0.2, 0) is 9.53 Å². The summed E-state index contributed by atoms with van der Waals surface area (Å²) in [6, 6.07) is 0. The highest BCUT2D eigenvalue weighted by Gasteiger charge is 2.38. The predicted octanol–water partition coefficient (Wildman–Crippen LogP) is 2.93. The molecule has 2 bridgehead atoms. The molecule has 0 saturated heterocycles. The Morgan fingerprint density at radius 3 is 2.60 bits per heavy atom. The highest BCUT2D eigenvalue weighted by molar-refractivity contribution is 5.91. The van der Waals surface area contributed by atoms with Gasteiger partial charge in [0.05, 0.1) is 12.9 Å². The Bertz CT molecular complexity index is 249. The Balaban J connectivity index is 1.90. The summed E-state index contributed by atoms with van der Waals surface area (Å²) in [6.45, 7) is 2.57. The molecule has 3 fully saturated rings. The monoisotopic (exact) mass is 208 g/mol. The molecule has 0 radical (unpaired) electrons. The summed E-state index contributed by atoms with van der Waals surface area (Å²) in [5, 5.41) is 0. The molecule has 0 heterocycles. The van der Waals surface area contributed by atoms with Gasteiger partial charge in [-0.2, -0.15) is 0 Å². The van der Waals surface area contributed by atoms with Crippen molar-refractivity contribution in [2.45, 2.75) is 39.0 Å². The van der Waals surface area contributed by atoms with E-state index in [-0.39, 0.29) is 5.78 Å². The lowest BCUT2D eigenvalue weighted by molar-refractivity contribution is -0.123. The van der Waals surface area contributed by atoms with Crippen LogP contribution in [0.15, 0.2) is 12.3 Å². The van der Waals surface area contributed by atoms with Gasteiger partial charge < -0.3 is 4.74 Å². The van der Waals surface area contributed by atoms with Gasteiger partial charge in [-0.05, 0) is 38.0 Å². The maximum absolute atomic E-state index is 11.9. The van der Waals surface area contributed by atoms with E-state index in [2.05, 4.69) is 0 Å². The molecule has 0 aromatic heterocycles. The zero-order valence-electron chi connectivity index (χ0n) is 9.45. The van der Waals surface area contributed by atoms with Crippen molar-refractivity contribution in [3.05, 3.63) is 12.3 Å². The van der Waals surface area contributed by atoms with E-state index in [1.807, 2.05) is 6.92 Å². The number of hydrogen-bond donors (Lipinski definition) is 0. The van der Waals surface area contributed by atoms with Crippen LogP contribution in [0.2, 0.25) is 0 Å². The van der Waals surface area contributed by atoms with Crippen LogP contribution in [0, 0.1) is 17.8 Å². The van der Waals surface area contributed by atoms with Gasteiger partial charge in [0.2, 0.25) is 0 Å². The van der Waals surface area contributed by atoms with E-state index in [0.29, 0.717) is 18.4 Å².